The Morgan fingerprint density at radius 2 is 1.70 bits per heavy atom. The van der Waals surface area contributed by atoms with Crippen LogP contribution >= 0.6 is 0 Å². The molecular formula is C30H47N3O4. The molecule has 0 aromatic heterocycles. The number of ether oxygens (including phenoxy) is 1. The first-order valence-electron chi connectivity index (χ1n) is 13.6. The van der Waals surface area contributed by atoms with Gasteiger partial charge >= 0.3 is 6.09 Å². The zero-order valence-corrected chi connectivity index (χ0v) is 24.0. The molecule has 0 fully saturated rings. The molecule has 4 atom stereocenters. The number of benzene rings is 1. The minimum Gasteiger partial charge on any atom is -0.444 e. The van der Waals surface area contributed by atoms with Crippen LogP contribution in [-0.4, -0.2) is 47.0 Å². The van der Waals surface area contributed by atoms with Gasteiger partial charge < -0.3 is 20.3 Å². The molecule has 3 amide bonds. The van der Waals surface area contributed by atoms with Crippen LogP contribution in [-0.2, 0) is 14.3 Å². The van der Waals surface area contributed by atoms with Crippen molar-refractivity contribution in [2.45, 2.75) is 111 Å². The number of carbonyl (C=O) groups is 3. The molecule has 0 aliphatic rings. The minimum absolute atomic E-state index is 0.0635. The van der Waals surface area contributed by atoms with Crippen molar-refractivity contribution in [3.05, 3.63) is 35.4 Å². The summed E-state index contributed by atoms with van der Waals surface area (Å²) in [6.45, 7) is 15.6. The van der Waals surface area contributed by atoms with E-state index in [1.165, 1.54) is 0 Å². The second-order valence-corrected chi connectivity index (χ2v) is 10.7. The first-order valence-corrected chi connectivity index (χ1v) is 13.6. The van der Waals surface area contributed by atoms with Gasteiger partial charge in [0.25, 0.3) is 0 Å². The van der Waals surface area contributed by atoms with Gasteiger partial charge in [-0.1, -0.05) is 71.1 Å². The van der Waals surface area contributed by atoms with Crippen LogP contribution in [0.3, 0.4) is 0 Å². The van der Waals surface area contributed by atoms with Crippen molar-refractivity contribution in [3.8, 4) is 12.3 Å². The van der Waals surface area contributed by atoms with Crippen molar-refractivity contribution >= 4 is 17.9 Å². The van der Waals surface area contributed by atoms with E-state index in [0.29, 0.717) is 30.5 Å². The molecule has 2 N–H and O–H groups in total. The van der Waals surface area contributed by atoms with Gasteiger partial charge in [0.15, 0.2) is 0 Å². The van der Waals surface area contributed by atoms with Crippen LogP contribution in [0.25, 0.3) is 0 Å². The number of hydrogen-bond acceptors (Lipinski definition) is 4. The van der Waals surface area contributed by atoms with Crippen molar-refractivity contribution in [2.75, 3.05) is 6.54 Å². The van der Waals surface area contributed by atoms with Crippen molar-refractivity contribution in [3.63, 3.8) is 0 Å². The van der Waals surface area contributed by atoms with Gasteiger partial charge in [0.2, 0.25) is 11.8 Å². The van der Waals surface area contributed by atoms with Gasteiger partial charge in [-0.3, -0.25) is 9.59 Å². The lowest BCUT2D eigenvalue weighted by molar-refractivity contribution is -0.143. The topological polar surface area (TPSA) is 87.7 Å². The van der Waals surface area contributed by atoms with Crippen LogP contribution in [0.1, 0.15) is 105 Å². The molecule has 0 heterocycles. The highest BCUT2D eigenvalue weighted by molar-refractivity contribution is 5.92. The maximum absolute atomic E-state index is 14.2. The maximum Gasteiger partial charge on any atom is 0.408 e. The van der Waals surface area contributed by atoms with E-state index in [2.05, 4.69) is 23.5 Å². The lowest BCUT2D eigenvalue weighted by Gasteiger charge is -2.37. The largest absolute Gasteiger partial charge is 0.444 e. The van der Waals surface area contributed by atoms with Crippen LogP contribution in [0.5, 0.6) is 0 Å². The highest BCUT2D eigenvalue weighted by Crippen LogP contribution is 2.28. The summed E-state index contributed by atoms with van der Waals surface area (Å²) >= 11 is 0. The monoisotopic (exact) mass is 513 g/mol. The molecule has 7 heteroatoms. The van der Waals surface area contributed by atoms with Crippen LogP contribution in [0.4, 0.5) is 4.79 Å². The standard InChI is InChI=1S/C30H47N3O4/c1-10-14-20-33(28(35)25(21(5)12-3)32-29(36)37-30(7,8)9)26(27(34)31-22(6)17-11-2)24-19-16-15-18-23(24)13-4/h4,15-16,18-19,21-22,25-26H,10-12,14,17,20H2,1-3,5-9H3,(H,31,34)(H,32,36). The fourth-order valence-corrected chi connectivity index (χ4v) is 4.14. The zero-order chi connectivity index (χ0) is 28.2. The third kappa shape index (κ3) is 10.1. The van der Waals surface area contributed by atoms with Crippen LogP contribution in [0.2, 0.25) is 0 Å². The summed E-state index contributed by atoms with van der Waals surface area (Å²) in [5.74, 6) is 1.87. The number of carbonyl (C=O) groups excluding carboxylic acids is 3. The maximum atomic E-state index is 14.2. The normalized spacial score (nSPS) is 14.5. The molecule has 7 nitrogen and oxygen atoms in total. The first kappa shape index (κ1) is 32.0. The van der Waals surface area contributed by atoms with Crippen molar-refractivity contribution < 1.29 is 19.1 Å². The number of rotatable bonds is 13. The molecule has 0 radical (unpaired) electrons. The van der Waals surface area contributed by atoms with E-state index in [4.69, 9.17) is 11.2 Å². The third-order valence-electron chi connectivity index (χ3n) is 6.27. The van der Waals surface area contributed by atoms with Gasteiger partial charge in [-0.25, -0.2) is 4.79 Å². The van der Waals surface area contributed by atoms with E-state index in [1.807, 2.05) is 39.8 Å². The van der Waals surface area contributed by atoms with Crippen LogP contribution < -0.4 is 10.6 Å². The van der Waals surface area contributed by atoms with Gasteiger partial charge in [0.05, 0.1) is 0 Å². The second-order valence-electron chi connectivity index (χ2n) is 10.7. The summed E-state index contributed by atoms with van der Waals surface area (Å²) in [5, 5.41) is 5.87. The van der Waals surface area contributed by atoms with Gasteiger partial charge in [0, 0.05) is 18.2 Å². The molecular weight excluding hydrogens is 466 g/mol. The lowest BCUT2D eigenvalue weighted by atomic mass is 9.93. The predicted octanol–water partition coefficient (Wildman–Crippen LogP) is 5.58. The Hall–Kier alpha value is -3.01. The van der Waals surface area contributed by atoms with Crippen molar-refractivity contribution in [2.24, 2.45) is 5.92 Å². The molecule has 0 aliphatic carbocycles. The average molecular weight is 514 g/mol. The Kier molecular flexibility index (Phi) is 13.2. The predicted molar refractivity (Wildman–Crippen MR) is 149 cm³/mol. The molecule has 1 rings (SSSR count). The van der Waals surface area contributed by atoms with Gasteiger partial charge in [-0.05, 0) is 58.1 Å². The summed E-state index contributed by atoms with van der Waals surface area (Å²) in [4.78, 5) is 42.3. The number of alkyl carbamates (subject to hydrolysis) is 1. The molecule has 0 spiro atoms. The number of amides is 3. The second kappa shape index (κ2) is 15.3. The fourth-order valence-electron chi connectivity index (χ4n) is 4.14. The summed E-state index contributed by atoms with van der Waals surface area (Å²) in [7, 11) is 0. The lowest BCUT2D eigenvalue weighted by Crippen LogP contribution is -2.56. The van der Waals surface area contributed by atoms with Gasteiger partial charge in [-0.15, -0.1) is 6.42 Å². The van der Waals surface area contributed by atoms with E-state index < -0.39 is 23.8 Å². The Bertz CT molecular complexity index is 931. The van der Waals surface area contributed by atoms with E-state index in [9.17, 15) is 14.4 Å². The Morgan fingerprint density at radius 3 is 2.24 bits per heavy atom. The quantitative estimate of drug-likeness (QED) is 0.337. The van der Waals surface area contributed by atoms with Crippen LogP contribution in [0.15, 0.2) is 24.3 Å². The zero-order valence-electron chi connectivity index (χ0n) is 24.0. The minimum atomic E-state index is -0.933. The number of nitrogens with zero attached hydrogens (tertiary/aromatic N) is 1. The summed E-state index contributed by atoms with van der Waals surface area (Å²) < 4.78 is 5.46. The molecule has 37 heavy (non-hydrogen) atoms. The van der Waals surface area contributed by atoms with E-state index in [1.54, 1.807) is 37.8 Å². The van der Waals surface area contributed by atoms with E-state index >= 15 is 0 Å². The summed E-state index contributed by atoms with van der Waals surface area (Å²) in [5.41, 5.74) is 0.439. The smallest absolute Gasteiger partial charge is 0.408 e. The third-order valence-corrected chi connectivity index (χ3v) is 6.27. The van der Waals surface area contributed by atoms with E-state index in [-0.39, 0.29) is 23.8 Å². The molecule has 0 aliphatic heterocycles. The Labute approximate surface area is 224 Å². The molecule has 206 valence electrons. The highest BCUT2D eigenvalue weighted by atomic mass is 16.6. The van der Waals surface area contributed by atoms with E-state index in [0.717, 1.165) is 19.3 Å². The molecule has 0 saturated carbocycles. The molecule has 0 saturated heterocycles. The fraction of sp³-hybridized carbons (Fsp3) is 0.633. The number of unbranched alkanes of at least 4 members (excludes halogenated alkanes) is 1. The average Bonchev–Trinajstić information content (AvgIpc) is 2.83. The van der Waals surface area contributed by atoms with Crippen LogP contribution in [0, 0.1) is 18.3 Å². The Morgan fingerprint density at radius 1 is 1.05 bits per heavy atom. The first-order chi connectivity index (χ1) is 17.4. The Balaban J connectivity index is 3.59. The van der Waals surface area contributed by atoms with Gasteiger partial charge in [0.1, 0.15) is 17.7 Å². The molecule has 4 unspecified atom stereocenters. The highest BCUT2D eigenvalue weighted by Gasteiger charge is 2.38. The number of nitrogens with one attached hydrogen (secondary N) is 2. The molecule has 0 bridgehead atoms. The molecule has 1 aromatic carbocycles. The summed E-state index contributed by atoms with van der Waals surface area (Å²) in [6, 6.07) is 5.35. The summed E-state index contributed by atoms with van der Waals surface area (Å²) in [6.07, 6.45) is 9.05. The van der Waals surface area contributed by atoms with Gasteiger partial charge in [-0.2, -0.15) is 0 Å². The number of terminal acetylenes is 1. The molecule has 1 aromatic rings. The van der Waals surface area contributed by atoms with Crippen molar-refractivity contribution in [1.29, 1.82) is 0 Å². The van der Waals surface area contributed by atoms with Crippen molar-refractivity contribution in [1.82, 2.24) is 15.5 Å². The number of hydrogen-bond donors (Lipinski definition) is 2. The SMILES string of the molecule is C#Cc1ccccc1C(C(=O)NC(C)CCC)N(CCCC)C(=O)C(NC(=O)OC(C)(C)C)C(C)CC.